The molecule has 0 amide bonds. The van der Waals surface area contributed by atoms with Crippen LogP contribution in [0, 0.1) is 6.92 Å². The van der Waals surface area contributed by atoms with E-state index in [-0.39, 0.29) is 5.25 Å². The van der Waals surface area contributed by atoms with Gasteiger partial charge in [0, 0.05) is 5.56 Å². The standard InChI is InChI=1S/C18H16N4OS/c1-11-8-9-14-15(10-11)20-18(19-14)24-12(2)16-21-22-17(23-16)13-6-4-3-5-7-13/h3-10,12H,1-2H3,(H,19,20)/t12-/m1/s1. The predicted molar refractivity (Wildman–Crippen MR) is 94.8 cm³/mol. The highest BCUT2D eigenvalue weighted by Gasteiger charge is 2.18. The largest absolute Gasteiger partial charge is 0.419 e. The second-order valence-corrected chi connectivity index (χ2v) is 6.96. The number of nitrogens with zero attached hydrogens (tertiary/aromatic N) is 3. The molecule has 0 radical (unpaired) electrons. The van der Waals surface area contributed by atoms with Gasteiger partial charge in [0.05, 0.1) is 16.3 Å². The van der Waals surface area contributed by atoms with E-state index in [1.165, 1.54) is 5.56 Å². The lowest BCUT2D eigenvalue weighted by Gasteiger charge is -2.02. The molecule has 1 atom stereocenters. The molecule has 24 heavy (non-hydrogen) atoms. The molecule has 0 unspecified atom stereocenters. The summed E-state index contributed by atoms with van der Waals surface area (Å²) in [5.41, 5.74) is 4.14. The highest BCUT2D eigenvalue weighted by atomic mass is 32.2. The predicted octanol–water partition coefficient (Wildman–Crippen LogP) is 4.77. The Morgan fingerprint density at radius 2 is 1.92 bits per heavy atom. The molecule has 2 heterocycles. The molecule has 0 aliphatic heterocycles. The zero-order valence-corrected chi connectivity index (χ0v) is 14.2. The average Bonchev–Trinajstić information content (AvgIpc) is 3.22. The molecule has 120 valence electrons. The molecule has 4 rings (SSSR count). The van der Waals surface area contributed by atoms with Gasteiger partial charge in [-0.2, -0.15) is 0 Å². The van der Waals surface area contributed by atoms with Gasteiger partial charge in [0.15, 0.2) is 5.16 Å². The summed E-state index contributed by atoms with van der Waals surface area (Å²) in [6, 6.07) is 16.0. The van der Waals surface area contributed by atoms with Crippen molar-refractivity contribution in [2.24, 2.45) is 0 Å². The molecule has 2 aromatic carbocycles. The number of rotatable bonds is 4. The van der Waals surface area contributed by atoms with Crippen molar-refractivity contribution in [1.29, 1.82) is 0 Å². The van der Waals surface area contributed by atoms with Crippen molar-refractivity contribution < 1.29 is 4.42 Å². The fourth-order valence-electron chi connectivity index (χ4n) is 2.47. The SMILES string of the molecule is Cc1ccc2nc(S[C@H](C)c3nnc(-c4ccccc4)o3)[nH]c2c1. The number of aromatic nitrogens is 4. The topological polar surface area (TPSA) is 67.6 Å². The summed E-state index contributed by atoms with van der Waals surface area (Å²) in [5.74, 6) is 1.13. The third-order valence-corrected chi connectivity index (χ3v) is 4.68. The van der Waals surface area contributed by atoms with Gasteiger partial charge in [-0.15, -0.1) is 10.2 Å². The molecule has 6 heteroatoms. The van der Waals surface area contributed by atoms with Gasteiger partial charge in [0.1, 0.15) is 0 Å². The maximum Gasteiger partial charge on any atom is 0.247 e. The molecular formula is C18H16N4OS. The van der Waals surface area contributed by atoms with E-state index < -0.39 is 0 Å². The van der Waals surface area contributed by atoms with Crippen molar-refractivity contribution >= 4 is 22.8 Å². The van der Waals surface area contributed by atoms with Crippen molar-refractivity contribution in [1.82, 2.24) is 20.2 Å². The average molecular weight is 336 g/mol. The lowest BCUT2D eigenvalue weighted by atomic mass is 10.2. The van der Waals surface area contributed by atoms with Crippen molar-refractivity contribution in [3.05, 3.63) is 60.0 Å². The summed E-state index contributed by atoms with van der Waals surface area (Å²) in [7, 11) is 0. The van der Waals surface area contributed by atoms with Crippen LogP contribution in [0.5, 0.6) is 0 Å². The first-order valence-corrected chi connectivity index (χ1v) is 8.59. The minimum Gasteiger partial charge on any atom is -0.419 e. The van der Waals surface area contributed by atoms with E-state index in [2.05, 4.69) is 39.2 Å². The molecule has 2 aromatic heterocycles. The van der Waals surface area contributed by atoms with Crippen LogP contribution in [0.4, 0.5) is 0 Å². The number of hydrogen-bond acceptors (Lipinski definition) is 5. The Bertz CT molecular complexity index is 977. The van der Waals surface area contributed by atoms with E-state index in [9.17, 15) is 0 Å². The highest BCUT2D eigenvalue weighted by molar-refractivity contribution is 7.99. The van der Waals surface area contributed by atoms with Crippen LogP contribution in [0.2, 0.25) is 0 Å². The first kappa shape index (κ1) is 15.0. The fraction of sp³-hybridized carbons (Fsp3) is 0.167. The number of fused-ring (bicyclic) bond motifs is 1. The van der Waals surface area contributed by atoms with E-state index in [0.29, 0.717) is 11.8 Å². The molecule has 1 N–H and O–H groups in total. The molecule has 0 spiro atoms. The fourth-order valence-corrected chi connectivity index (χ4v) is 3.32. The first-order chi connectivity index (χ1) is 11.7. The number of aromatic amines is 1. The van der Waals surface area contributed by atoms with E-state index >= 15 is 0 Å². The molecule has 0 bridgehead atoms. The van der Waals surface area contributed by atoms with Gasteiger partial charge >= 0.3 is 0 Å². The zero-order valence-electron chi connectivity index (χ0n) is 13.4. The van der Waals surface area contributed by atoms with Crippen LogP contribution in [-0.4, -0.2) is 20.2 Å². The second-order valence-electron chi connectivity index (χ2n) is 5.63. The number of hydrogen-bond donors (Lipinski definition) is 1. The summed E-state index contributed by atoms with van der Waals surface area (Å²) in [4.78, 5) is 7.94. The van der Waals surface area contributed by atoms with Crippen LogP contribution < -0.4 is 0 Å². The van der Waals surface area contributed by atoms with Crippen molar-refractivity contribution in [3.8, 4) is 11.5 Å². The van der Waals surface area contributed by atoms with Crippen LogP contribution in [-0.2, 0) is 0 Å². The van der Waals surface area contributed by atoms with Crippen LogP contribution in [0.3, 0.4) is 0 Å². The number of thioether (sulfide) groups is 1. The Balaban J connectivity index is 1.55. The minimum absolute atomic E-state index is 0.0108. The van der Waals surface area contributed by atoms with Gasteiger partial charge in [-0.05, 0) is 43.7 Å². The maximum absolute atomic E-state index is 5.81. The van der Waals surface area contributed by atoms with Crippen LogP contribution in [0.25, 0.3) is 22.5 Å². The van der Waals surface area contributed by atoms with E-state index in [1.54, 1.807) is 11.8 Å². The van der Waals surface area contributed by atoms with Gasteiger partial charge < -0.3 is 9.40 Å². The summed E-state index contributed by atoms with van der Waals surface area (Å²) < 4.78 is 5.81. The Kier molecular flexibility index (Phi) is 3.82. The number of imidazole rings is 1. The third-order valence-electron chi connectivity index (χ3n) is 3.71. The van der Waals surface area contributed by atoms with E-state index in [0.717, 1.165) is 21.8 Å². The van der Waals surface area contributed by atoms with Crippen molar-refractivity contribution in [2.75, 3.05) is 0 Å². The van der Waals surface area contributed by atoms with Gasteiger partial charge in [0.2, 0.25) is 11.8 Å². The number of H-pyrrole nitrogens is 1. The minimum atomic E-state index is 0.0108. The molecule has 0 saturated heterocycles. The van der Waals surface area contributed by atoms with Gasteiger partial charge in [-0.25, -0.2) is 4.98 Å². The quantitative estimate of drug-likeness (QED) is 0.543. The normalized spacial score (nSPS) is 12.6. The summed E-state index contributed by atoms with van der Waals surface area (Å²) in [6.45, 7) is 4.10. The zero-order chi connectivity index (χ0) is 16.5. The van der Waals surface area contributed by atoms with E-state index in [1.807, 2.05) is 43.3 Å². The number of aryl methyl sites for hydroxylation is 1. The van der Waals surface area contributed by atoms with Crippen LogP contribution in [0.1, 0.15) is 23.6 Å². The lowest BCUT2D eigenvalue weighted by molar-refractivity contribution is 0.509. The van der Waals surface area contributed by atoms with Crippen LogP contribution >= 0.6 is 11.8 Å². The number of benzene rings is 2. The molecule has 0 saturated carbocycles. The van der Waals surface area contributed by atoms with Gasteiger partial charge in [-0.1, -0.05) is 36.0 Å². The number of nitrogens with one attached hydrogen (secondary N) is 1. The molecule has 0 aliphatic carbocycles. The maximum atomic E-state index is 5.81. The van der Waals surface area contributed by atoms with Crippen LogP contribution in [0.15, 0.2) is 58.1 Å². The Hall–Kier alpha value is -2.60. The van der Waals surface area contributed by atoms with Crippen molar-refractivity contribution in [2.45, 2.75) is 24.3 Å². The lowest BCUT2D eigenvalue weighted by Crippen LogP contribution is -1.89. The summed E-state index contributed by atoms with van der Waals surface area (Å²) in [6.07, 6.45) is 0. The molecular weight excluding hydrogens is 320 g/mol. The Labute approximate surface area is 143 Å². The monoisotopic (exact) mass is 336 g/mol. The second kappa shape index (κ2) is 6.13. The first-order valence-electron chi connectivity index (χ1n) is 7.71. The highest BCUT2D eigenvalue weighted by Crippen LogP contribution is 2.34. The van der Waals surface area contributed by atoms with Gasteiger partial charge in [0.25, 0.3) is 0 Å². The smallest absolute Gasteiger partial charge is 0.247 e. The third kappa shape index (κ3) is 2.92. The molecule has 5 nitrogen and oxygen atoms in total. The molecule has 0 fully saturated rings. The molecule has 4 aromatic rings. The Morgan fingerprint density at radius 1 is 1.08 bits per heavy atom. The summed E-state index contributed by atoms with van der Waals surface area (Å²) in [5, 5.41) is 9.18. The van der Waals surface area contributed by atoms with E-state index in [4.69, 9.17) is 4.42 Å². The van der Waals surface area contributed by atoms with Crippen molar-refractivity contribution in [3.63, 3.8) is 0 Å². The van der Waals surface area contributed by atoms with Gasteiger partial charge in [-0.3, -0.25) is 0 Å². The Morgan fingerprint density at radius 3 is 2.75 bits per heavy atom. The summed E-state index contributed by atoms with van der Waals surface area (Å²) >= 11 is 1.57. The molecule has 0 aliphatic rings.